The second-order valence-electron chi connectivity index (χ2n) is 4.94. The van der Waals surface area contributed by atoms with Crippen molar-refractivity contribution in [2.75, 3.05) is 7.05 Å². The average molecular weight is 288 g/mol. The number of thiophene rings is 1. The van der Waals surface area contributed by atoms with E-state index in [1.807, 2.05) is 12.4 Å². The van der Waals surface area contributed by atoms with E-state index < -0.39 is 10.0 Å². The van der Waals surface area contributed by atoms with Gasteiger partial charge in [-0.05, 0) is 42.8 Å². The van der Waals surface area contributed by atoms with E-state index in [0.717, 1.165) is 24.8 Å². The first-order valence-electron chi connectivity index (χ1n) is 6.27. The molecule has 1 saturated carbocycles. The Labute approximate surface area is 113 Å². The number of sulfonamides is 1. The van der Waals surface area contributed by atoms with Crippen LogP contribution in [0.1, 0.15) is 31.7 Å². The highest BCUT2D eigenvalue weighted by atomic mass is 32.2. The monoisotopic (exact) mass is 288 g/mol. The van der Waals surface area contributed by atoms with Gasteiger partial charge in [0.05, 0.1) is 0 Å². The van der Waals surface area contributed by atoms with Gasteiger partial charge in [0, 0.05) is 12.6 Å². The normalized spacial score (nSPS) is 24.6. The van der Waals surface area contributed by atoms with E-state index in [-0.39, 0.29) is 6.04 Å². The van der Waals surface area contributed by atoms with Gasteiger partial charge in [-0.25, -0.2) is 13.1 Å². The van der Waals surface area contributed by atoms with Crippen molar-refractivity contribution in [1.82, 2.24) is 10.0 Å². The third kappa shape index (κ3) is 3.12. The molecule has 0 saturated heterocycles. The molecule has 2 unspecified atom stereocenters. The van der Waals surface area contributed by atoms with Crippen molar-refractivity contribution >= 4 is 21.4 Å². The van der Waals surface area contributed by atoms with Gasteiger partial charge < -0.3 is 5.32 Å². The molecule has 1 fully saturated rings. The van der Waals surface area contributed by atoms with Crippen LogP contribution in [0.5, 0.6) is 0 Å². The van der Waals surface area contributed by atoms with E-state index in [1.54, 1.807) is 6.07 Å². The van der Waals surface area contributed by atoms with Gasteiger partial charge in [0.15, 0.2) is 0 Å². The first-order chi connectivity index (χ1) is 8.53. The summed E-state index contributed by atoms with van der Waals surface area (Å²) < 4.78 is 27.7. The molecule has 1 aromatic heterocycles. The summed E-state index contributed by atoms with van der Waals surface area (Å²) in [5.74, 6) is 0.441. The number of rotatable bonds is 5. The SMILES string of the molecule is CNCc1csc(S(=O)(=O)NC2CCCC2C)c1. The number of hydrogen-bond acceptors (Lipinski definition) is 4. The zero-order valence-corrected chi connectivity index (χ0v) is 12.4. The maximum atomic E-state index is 12.2. The van der Waals surface area contributed by atoms with Crippen molar-refractivity contribution in [2.24, 2.45) is 5.92 Å². The molecule has 2 N–H and O–H groups in total. The molecule has 0 bridgehead atoms. The Bertz CT molecular complexity index is 496. The van der Waals surface area contributed by atoms with Gasteiger partial charge in [0.2, 0.25) is 10.0 Å². The molecular formula is C12H20N2O2S2. The highest BCUT2D eigenvalue weighted by Crippen LogP contribution is 2.27. The molecule has 2 rings (SSSR count). The van der Waals surface area contributed by atoms with Crippen LogP contribution >= 0.6 is 11.3 Å². The van der Waals surface area contributed by atoms with Crippen LogP contribution in [0.4, 0.5) is 0 Å². The minimum Gasteiger partial charge on any atom is -0.316 e. The molecule has 0 radical (unpaired) electrons. The Morgan fingerprint density at radius 1 is 1.44 bits per heavy atom. The highest BCUT2D eigenvalue weighted by molar-refractivity contribution is 7.91. The minimum atomic E-state index is -3.33. The standard InChI is InChI=1S/C12H20N2O2S2/c1-9-4-3-5-11(9)14-18(15,16)12-6-10(7-13-2)8-17-12/h6,8-9,11,13-14H,3-5,7H2,1-2H3. The fourth-order valence-electron chi connectivity index (χ4n) is 2.37. The molecule has 1 aromatic rings. The van der Waals surface area contributed by atoms with Crippen molar-refractivity contribution in [3.63, 3.8) is 0 Å². The minimum absolute atomic E-state index is 0.102. The first-order valence-corrected chi connectivity index (χ1v) is 8.63. The van der Waals surface area contributed by atoms with Gasteiger partial charge in [-0.1, -0.05) is 13.3 Å². The van der Waals surface area contributed by atoms with Gasteiger partial charge >= 0.3 is 0 Å². The average Bonchev–Trinajstić information content (AvgIpc) is 2.90. The first kappa shape index (κ1) is 14.0. The topological polar surface area (TPSA) is 58.2 Å². The fraction of sp³-hybridized carbons (Fsp3) is 0.667. The summed E-state index contributed by atoms with van der Waals surface area (Å²) in [6.07, 6.45) is 3.18. The summed E-state index contributed by atoms with van der Waals surface area (Å²) >= 11 is 1.29. The molecule has 1 aliphatic rings. The Balaban J connectivity index is 2.09. The molecule has 0 aromatic carbocycles. The van der Waals surface area contributed by atoms with Crippen molar-refractivity contribution < 1.29 is 8.42 Å². The Morgan fingerprint density at radius 3 is 2.83 bits per heavy atom. The summed E-state index contributed by atoms with van der Waals surface area (Å²) in [5, 5.41) is 4.91. The summed E-state index contributed by atoms with van der Waals surface area (Å²) in [6.45, 7) is 2.81. The van der Waals surface area contributed by atoms with Crippen LogP contribution in [0.15, 0.2) is 15.7 Å². The maximum Gasteiger partial charge on any atom is 0.250 e. The van der Waals surface area contributed by atoms with Crippen LogP contribution in [0.3, 0.4) is 0 Å². The summed E-state index contributed by atoms with van der Waals surface area (Å²) in [5.41, 5.74) is 1.02. The lowest BCUT2D eigenvalue weighted by Crippen LogP contribution is -2.36. The number of hydrogen-bond donors (Lipinski definition) is 2. The van der Waals surface area contributed by atoms with Crippen molar-refractivity contribution in [2.45, 2.75) is 43.0 Å². The van der Waals surface area contributed by atoms with Crippen molar-refractivity contribution in [3.8, 4) is 0 Å². The third-order valence-corrected chi connectivity index (χ3v) is 6.42. The smallest absolute Gasteiger partial charge is 0.250 e. The maximum absolute atomic E-state index is 12.2. The van der Waals surface area contributed by atoms with Crippen LogP contribution in [0.25, 0.3) is 0 Å². The van der Waals surface area contributed by atoms with Crippen LogP contribution in [-0.2, 0) is 16.6 Å². The molecule has 18 heavy (non-hydrogen) atoms. The second-order valence-corrected chi connectivity index (χ2v) is 7.79. The lowest BCUT2D eigenvalue weighted by molar-refractivity contribution is 0.477. The Hall–Kier alpha value is -0.430. The van der Waals surface area contributed by atoms with Gasteiger partial charge in [0.1, 0.15) is 4.21 Å². The molecule has 0 spiro atoms. The Morgan fingerprint density at radius 2 is 2.22 bits per heavy atom. The summed E-state index contributed by atoms with van der Waals surface area (Å²) in [7, 11) is -1.48. The van der Waals surface area contributed by atoms with E-state index in [1.165, 1.54) is 11.3 Å². The predicted octanol–water partition coefficient (Wildman–Crippen LogP) is 1.93. The van der Waals surface area contributed by atoms with Gasteiger partial charge in [-0.15, -0.1) is 11.3 Å². The number of nitrogens with one attached hydrogen (secondary N) is 2. The summed E-state index contributed by atoms with van der Waals surface area (Å²) in [4.78, 5) is 0. The molecule has 1 heterocycles. The molecule has 102 valence electrons. The van der Waals surface area contributed by atoms with E-state index in [0.29, 0.717) is 16.7 Å². The van der Waals surface area contributed by atoms with Crippen molar-refractivity contribution in [1.29, 1.82) is 0 Å². The lowest BCUT2D eigenvalue weighted by Gasteiger charge is -2.16. The van der Waals surface area contributed by atoms with E-state index >= 15 is 0 Å². The van der Waals surface area contributed by atoms with Crippen LogP contribution in [-0.4, -0.2) is 21.5 Å². The molecule has 0 aliphatic heterocycles. The molecular weight excluding hydrogens is 268 g/mol. The fourth-order valence-corrected chi connectivity index (χ4v) is 4.97. The molecule has 0 amide bonds. The highest BCUT2D eigenvalue weighted by Gasteiger charge is 2.28. The molecule has 1 aliphatic carbocycles. The molecule has 4 nitrogen and oxygen atoms in total. The molecule has 2 atom stereocenters. The zero-order chi connectivity index (χ0) is 13.2. The quantitative estimate of drug-likeness (QED) is 0.870. The predicted molar refractivity (Wildman–Crippen MR) is 74.2 cm³/mol. The zero-order valence-electron chi connectivity index (χ0n) is 10.8. The van der Waals surface area contributed by atoms with E-state index in [9.17, 15) is 8.42 Å². The largest absolute Gasteiger partial charge is 0.316 e. The second kappa shape index (κ2) is 5.69. The molecule has 6 heteroatoms. The van der Waals surface area contributed by atoms with Crippen LogP contribution < -0.4 is 10.0 Å². The Kier molecular flexibility index (Phi) is 4.42. The van der Waals surface area contributed by atoms with Gasteiger partial charge in [-0.3, -0.25) is 0 Å². The van der Waals surface area contributed by atoms with Gasteiger partial charge in [-0.2, -0.15) is 0 Å². The van der Waals surface area contributed by atoms with Crippen LogP contribution in [0.2, 0.25) is 0 Å². The lowest BCUT2D eigenvalue weighted by atomic mass is 10.1. The van der Waals surface area contributed by atoms with E-state index in [2.05, 4.69) is 17.0 Å². The summed E-state index contributed by atoms with van der Waals surface area (Å²) in [6, 6.07) is 1.85. The van der Waals surface area contributed by atoms with E-state index in [4.69, 9.17) is 0 Å². The third-order valence-electron chi connectivity index (χ3n) is 3.44. The van der Waals surface area contributed by atoms with Gasteiger partial charge in [0.25, 0.3) is 0 Å². The van der Waals surface area contributed by atoms with Crippen molar-refractivity contribution in [3.05, 3.63) is 17.0 Å². The van der Waals surface area contributed by atoms with Crippen LogP contribution in [0, 0.1) is 5.92 Å².